The summed E-state index contributed by atoms with van der Waals surface area (Å²) < 4.78 is 7.24. The second-order valence-corrected chi connectivity index (χ2v) is 3.18. The molecule has 0 bridgehead atoms. The lowest BCUT2D eigenvalue weighted by molar-refractivity contribution is 0.0662. The molecule has 13 heavy (non-hydrogen) atoms. The molecule has 0 N–H and O–H groups in total. The molecule has 70 valence electrons. The summed E-state index contributed by atoms with van der Waals surface area (Å²) in [5, 5.41) is 4.24. The topological polar surface area (TPSA) is 39.4 Å². The van der Waals surface area contributed by atoms with Gasteiger partial charge in [-0.25, -0.2) is 0 Å². The predicted molar refractivity (Wildman–Crippen MR) is 50.5 cm³/mol. The second-order valence-electron chi connectivity index (χ2n) is 3.18. The Bertz CT molecular complexity index is 289. The first-order chi connectivity index (χ1) is 6.40. The fraction of sp³-hybridized carbons (Fsp3) is 0.556. The minimum Gasteiger partial charge on any atom is -0.381 e. The van der Waals surface area contributed by atoms with Gasteiger partial charge in [0.1, 0.15) is 5.69 Å². The fourth-order valence-corrected chi connectivity index (χ4v) is 1.56. The Morgan fingerprint density at radius 1 is 1.54 bits per heavy atom. The smallest absolute Gasteiger partial charge is 0.100 e. The first kappa shape index (κ1) is 8.44. The lowest BCUT2D eigenvalue weighted by Crippen LogP contribution is -2.19. The van der Waals surface area contributed by atoms with Gasteiger partial charge in [-0.2, -0.15) is 5.10 Å². The van der Waals surface area contributed by atoms with E-state index in [0.717, 1.165) is 31.7 Å². The molecule has 4 heteroatoms. The highest BCUT2D eigenvalue weighted by atomic mass is 16.5. The van der Waals surface area contributed by atoms with Crippen LogP contribution >= 0.6 is 0 Å². The largest absolute Gasteiger partial charge is 0.381 e. The van der Waals surface area contributed by atoms with Crippen LogP contribution in [-0.2, 0) is 4.74 Å². The van der Waals surface area contributed by atoms with Crippen molar-refractivity contribution in [3.05, 3.63) is 12.4 Å². The Morgan fingerprint density at radius 2 is 2.31 bits per heavy atom. The van der Waals surface area contributed by atoms with E-state index in [-0.39, 0.29) is 0 Å². The Balaban J connectivity index is 2.09. The van der Waals surface area contributed by atoms with Crippen LogP contribution in [0.15, 0.2) is 17.4 Å². The van der Waals surface area contributed by atoms with Crippen molar-refractivity contribution in [3.63, 3.8) is 0 Å². The Kier molecular flexibility index (Phi) is 2.40. The molecule has 1 saturated heterocycles. The van der Waals surface area contributed by atoms with E-state index in [1.807, 2.05) is 10.9 Å². The summed E-state index contributed by atoms with van der Waals surface area (Å²) >= 11 is 0. The van der Waals surface area contributed by atoms with Crippen LogP contribution in [0.1, 0.15) is 18.9 Å². The molecular formula is C9H13N3O. The minimum absolute atomic E-state index is 0.476. The average molecular weight is 179 g/mol. The second kappa shape index (κ2) is 3.70. The van der Waals surface area contributed by atoms with Crippen molar-refractivity contribution in [2.45, 2.75) is 18.9 Å². The summed E-state index contributed by atoms with van der Waals surface area (Å²) in [6.07, 6.45) is 5.75. The Hall–Kier alpha value is -1.16. The number of ether oxygens (including phenoxy) is 1. The van der Waals surface area contributed by atoms with Gasteiger partial charge < -0.3 is 4.74 Å². The molecule has 1 aliphatic rings. The van der Waals surface area contributed by atoms with Crippen LogP contribution in [0, 0.1) is 0 Å². The molecule has 0 atom stereocenters. The highest BCUT2D eigenvalue weighted by Gasteiger charge is 2.15. The molecule has 2 rings (SSSR count). The maximum absolute atomic E-state index is 5.28. The van der Waals surface area contributed by atoms with E-state index < -0.39 is 0 Å². The summed E-state index contributed by atoms with van der Waals surface area (Å²) in [4.78, 5) is 3.82. The summed E-state index contributed by atoms with van der Waals surface area (Å²) in [7, 11) is 0. The van der Waals surface area contributed by atoms with E-state index in [9.17, 15) is 0 Å². The zero-order chi connectivity index (χ0) is 9.10. The van der Waals surface area contributed by atoms with E-state index in [1.54, 1.807) is 6.20 Å². The first-order valence-electron chi connectivity index (χ1n) is 4.49. The van der Waals surface area contributed by atoms with Gasteiger partial charge in [0, 0.05) is 13.2 Å². The van der Waals surface area contributed by atoms with Crippen LogP contribution in [-0.4, -0.2) is 29.7 Å². The van der Waals surface area contributed by atoms with Crippen molar-refractivity contribution in [2.24, 2.45) is 4.99 Å². The zero-order valence-corrected chi connectivity index (χ0v) is 7.52. The van der Waals surface area contributed by atoms with Gasteiger partial charge in [0.25, 0.3) is 0 Å². The number of rotatable bonds is 2. The molecule has 1 aromatic heterocycles. The highest BCUT2D eigenvalue weighted by molar-refractivity contribution is 5.41. The third-order valence-electron chi connectivity index (χ3n) is 2.34. The molecule has 0 unspecified atom stereocenters. The third kappa shape index (κ3) is 1.78. The highest BCUT2D eigenvalue weighted by Crippen LogP contribution is 2.21. The van der Waals surface area contributed by atoms with Crippen molar-refractivity contribution in [3.8, 4) is 0 Å². The Morgan fingerprint density at radius 3 is 2.92 bits per heavy atom. The molecule has 0 spiro atoms. The molecule has 2 heterocycles. The van der Waals surface area contributed by atoms with Gasteiger partial charge in [-0.1, -0.05) is 0 Å². The van der Waals surface area contributed by atoms with Gasteiger partial charge in [-0.05, 0) is 19.6 Å². The quantitative estimate of drug-likeness (QED) is 0.646. The SMILES string of the molecule is C=Nc1cnn(C2CCOCC2)c1. The maximum Gasteiger partial charge on any atom is 0.100 e. The molecule has 1 aliphatic heterocycles. The monoisotopic (exact) mass is 179 g/mol. The lowest BCUT2D eigenvalue weighted by atomic mass is 10.1. The van der Waals surface area contributed by atoms with Crippen LogP contribution in [0.3, 0.4) is 0 Å². The van der Waals surface area contributed by atoms with Gasteiger partial charge in [0.2, 0.25) is 0 Å². The molecule has 1 aromatic rings. The molecular weight excluding hydrogens is 166 g/mol. The Labute approximate surface area is 77.2 Å². The van der Waals surface area contributed by atoms with E-state index in [0.29, 0.717) is 6.04 Å². The summed E-state index contributed by atoms with van der Waals surface area (Å²) in [5.74, 6) is 0. The van der Waals surface area contributed by atoms with Gasteiger partial charge >= 0.3 is 0 Å². The zero-order valence-electron chi connectivity index (χ0n) is 7.52. The number of hydrogen-bond donors (Lipinski definition) is 0. The van der Waals surface area contributed by atoms with Crippen LogP contribution in [0.2, 0.25) is 0 Å². The van der Waals surface area contributed by atoms with Crippen molar-refractivity contribution in [2.75, 3.05) is 13.2 Å². The van der Waals surface area contributed by atoms with Crippen LogP contribution < -0.4 is 0 Å². The molecule has 0 saturated carbocycles. The van der Waals surface area contributed by atoms with Crippen molar-refractivity contribution in [1.82, 2.24) is 9.78 Å². The molecule has 1 fully saturated rings. The molecule has 0 amide bonds. The molecule has 4 nitrogen and oxygen atoms in total. The molecule has 0 radical (unpaired) electrons. The lowest BCUT2D eigenvalue weighted by Gasteiger charge is -2.21. The minimum atomic E-state index is 0.476. The van der Waals surface area contributed by atoms with E-state index >= 15 is 0 Å². The predicted octanol–water partition coefficient (Wildman–Crippen LogP) is 1.57. The number of nitrogens with zero attached hydrogens (tertiary/aromatic N) is 3. The standard InChI is InChI=1S/C9H13N3O/c1-10-8-6-11-12(7-8)9-2-4-13-5-3-9/h6-7,9H,1-5H2. The van der Waals surface area contributed by atoms with Crippen LogP contribution in [0.25, 0.3) is 0 Å². The number of hydrogen-bond acceptors (Lipinski definition) is 3. The normalized spacial score (nSPS) is 18.8. The van der Waals surface area contributed by atoms with Crippen molar-refractivity contribution in [1.29, 1.82) is 0 Å². The number of aliphatic imine (C=N–C) groups is 1. The van der Waals surface area contributed by atoms with Crippen LogP contribution in [0.4, 0.5) is 5.69 Å². The van der Waals surface area contributed by atoms with Gasteiger partial charge in [0.15, 0.2) is 0 Å². The summed E-state index contributed by atoms with van der Waals surface area (Å²) in [6, 6.07) is 0.476. The summed E-state index contributed by atoms with van der Waals surface area (Å²) in [6.45, 7) is 5.13. The van der Waals surface area contributed by atoms with Crippen LogP contribution in [0.5, 0.6) is 0 Å². The third-order valence-corrected chi connectivity index (χ3v) is 2.34. The fourth-order valence-electron chi connectivity index (χ4n) is 1.56. The summed E-state index contributed by atoms with van der Waals surface area (Å²) in [5.41, 5.74) is 0.839. The van der Waals surface area contributed by atoms with E-state index in [1.165, 1.54) is 0 Å². The van der Waals surface area contributed by atoms with Gasteiger partial charge in [-0.15, -0.1) is 0 Å². The molecule has 0 aliphatic carbocycles. The average Bonchev–Trinajstić information content (AvgIpc) is 2.67. The van der Waals surface area contributed by atoms with E-state index in [4.69, 9.17) is 4.74 Å². The van der Waals surface area contributed by atoms with Gasteiger partial charge in [-0.3, -0.25) is 9.67 Å². The maximum atomic E-state index is 5.28. The first-order valence-corrected chi connectivity index (χ1v) is 4.49. The van der Waals surface area contributed by atoms with E-state index in [2.05, 4.69) is 16.8 Å². The van der Waals surface area contributed by atoms with Gasteiger partial charge in [0.05, 0.1) is 18.4 Å². The van der Waals surface area contributed by atoms with Crippen molar-refractivity contribution < 1.29 is 4.74 Å². The number of aromatic nitrogens is 2. The molecule has 0 aromatic carbocycles. The van der Waals surface area contributed by atoms with Crippen molar-refractivity contribution >= 4 is 12.4 Å².